The van der Waals surface area contributed by atoms with Gasteiger partial charge in [-0.1, -0.05) is 0 Å². The SMILES string of the molecule is CC(C)(C)N(C(=O)O)[C@@H]1CC[C@H](C(N)=O)C1. The summed E-state index contributed by atoms with van der Waals surface area (Å²) >= 11 is 0. The monoisotopic (exact) mass is 228 g/mol. The third-order valence-electron chi connectivity index (χ3n) is 3.10. The summed E-state index contributed by atoms with van der Waals surface area (Å²) in [6, 6.07) is -0.0880. The average molecular weight is 228 g/mol. The summed E-state index contributed by atoms with van der Waals surface area (Å²) in [6.07, 6.45) is 1.04. The molecule has 3 N–H and O–H groups in total. The molecule has 0 saturated heterocycles. The zero-order chi connectivity index (χ0) is 12.5. The van der Waals surface area contributed by atoms with E-state index in [2.05, 4.69) is 0 Å². The first kappa shape index (κ1) is 12.8. The molecule has 0 unspecified atom stereocenters. The van der Waals surface area contributed by atoms with E-state index in [-0.39, 0.29) is 17.9 Å². The molecule has 1 rings (SSSR count). The molecule has 92 valence electrons. The molecule has 0 aliphatic heterocycles. The Morgan fingerprint density at radius 1 is 1.31 bits per heavy atom. The van der Waals surface area contributed by atoms with E-state index in [0.717, 1.165) is 6.42 Å². The first-order chi connectivity index (χ1) is 7.23. The van der Waals surface area contributed by atoms with Gasteiger partial charge in [-0.2, -0.15) is 0 Å². The standard InChI is InChI=1S/C11H20N2O3/c1-11(2,3)13(10(15)16)8-5-4-7(6-8)9(12)14/h7-8H,4-6H2,1-3H3,(H2,12,14)(H,15,16)/t7-,8+/m0/s1. The second kappa shape index (κ2) is 4.31. The highest BCUT2D eigenvalue weighted by Crippen LogP contribution is 2.32. The predicted molar refractivity (Wildman–Crippen MR) is 59.9 cm³/mol. The maximum absolute atomic E-state index is 11.2. The van der Waals surface area contributed by atoms with Gasteiger partial charge >= 0.3 is 6.09 Å². The number of hydrogen-bond acceptors (Lipinski definition) is 2. The van der Waals surface area contributed by atoms with Crippen LogP contribution in [-0.2, 0) is 4.79 Å². The minimum atomic E-state index is -0.928. The van der Waals surface area contributed by atoms with Gasteiger partial charge in [0.05, 0.1) is 0 Å². The largest absolute Gasteiger partial charge is 0.465 e. The lowest BCUT2D eigenvalue weighted by atomic mass is 10.0. The fourth-order valence-corrected chi connectivity index (χ4v) is 2.44. The number of amides is 2. The van der Waals surface area contributed by atoms with Crippen molar-refractivity contribution in [2.24, 2.45) is 11.7 Å². The summed E-state index contributed by atoms with van der Waals surface area (Å²) < 4.78 is 0. The maximum Gasteiger partial charge on any atom is 0.407 e. The molecule has 0 bridgehead atoms. The molecule has 0 aromatic carbocycles. The molecule has 2 amide bonds. The average Bonchev–Trinajstić information content (AvgIpc) is 2.49. The zero-order valence-electron chi connectivity index (χ0n) is 10.1. The molecule has 0 heterocycles. The summed E-state index contributed by atoms with van der Waals surface area (Å²) in [5.74, 6) is -0.490. The molecule has 1 aliphatic carbocycles. The molecule has 16 heavy (non-hydrogen) atoms. The number of carbonyl (C=O) groups excluding carboxylic acids is 1. The summed E-state index contributed by atoms with van der Waals surface area (Å²) in [4.78, 5) is 23.7. The molecule has 5 nitrogen and oxygen atoms in total. The van der Waals surface area contributed by atoms with Crippen LogP contribution >= 0.6 is 0 Å². The van der Waals surface area contributed by atoms with Crippen molar-refractivity contribution in [1.82, 2.24) is 4.90 Å². The highest BCUT2D eigenvalue weighted by atomic mass is 16.4. The van der Waals surface area contributed by atoms with Crippen molar-refractivity contribution >= 4 is 12.0 Å². The predicted octanol–water partition coefficient (Wildman–Crippen LogP) is 1.42. The van der Waals surface area contributed by atoms with Crippen molar-refractivity contribution in [1.29, 1.82) is 0 Å². The lowest BCUT2D eigenvalue weighted by Crippen LogP contribution is -2.50. The quantitative estimate of drug-likeness (QED) is 0.749. The highest BCUT2D eigenvalue weighted by Gasteiger charge is 2.39. The van der Waals surface area contributed by atoms with Crippen molar-refractivity contribution < 1.29 is 14.7 Å². The Labute approximate surface area is 95.6 Å². The van der Waals surface area contributed by atoms with Crippen LogP contribution in [0, 0.1) is 5.92 Å². The molecular formula is C11H20N2O3. The molecular weight excluding hydrogens is 208 g/mol. The van der Waals surface area contributed by atoms with Crippen molar-refractivity contribution in [3.8, 4) is 0 Å². The Morgan fingerprint density at radius 3 is 2.19 bits per heavy atom. The lowest BCUT2D eigenvalue weighted by Gasteiger charge is -2.38. The van der Waals surface area contributed by atoms with Crippen LogP contribution < -0.4 is 5.73 Å². The summed E-state index contributed by atoms with van der Waals surface area (Å²) in [5.41, 5.74) is 4.80. The van der Waals surface area contributed by atoms with Crippen LogP contribution in [0.15, 0.2) is 0 Å². The van der Waals surface area contributed by atoms with E-state index in [0.29, 0.717) is 12.8 Å². The van der Waals surface area contributed by atoms with Crippen LogP contribution in [0.5, 0.6) is 0 Å². The van der Waals surface area contributed by atoms with E-state index in [4.69, 9.17) is 5.73 Å². The molecule has 0 spiro atoms. The number of rotatable bonds is 2. The lowest BCUT2D eigenvalue weighted by molar-refractivity contribution is -0.121. The maximum atomic E-state index is 11.2. The number of hydrogen-bond donors (Lipinski definition) is 2. The molecule has 0 aromatic rings. The number of primary amides is 1. The van der Waals surface area contributed by atoms with E-state index >= 15 is 0 Å². The molecule has 2 atom stereocenters. The van der Waals surface area contributed by atoms with E-state index in [1.54, 1.807) is 0 Å². The van der Waals surface area contributed by atoms with E-state index < -0.39 is 11.6 Å². The van der Waals surface area contributed by atoms with Crippen molar-refractivity contribution in [2.75, 3.05) is 0 Å². The smallest absolute Gasteiger partial charge is 0.407 e. The van der Waals surface area contributed by atoms with E-state index in [1.165, 1.54) is 4.90 Å². The van der Waals surface area contributed by atoms with Crippen molar-refractivity contribution in [3.05, 3.63) is 0 Å². The van der Waals surface area contributed by atoms with Crippen LogP contribution in [0.1, 0.15) is 40.0 Å². The summed E-state index contributed by atoms with van der Waals surface area (Å²) in [5, 5.41) is 9.20. The number of carbonyl (C=O) groups is 2. The number of carboxylic acid groups (broad SMARTS) is 1. The van der Waals surface area contributed by atoms with Gasteiger partial charge in [0.1, 0.15) is 0 Å². The Balaban J connectivity index is 2.76. The van der Waals surface area contributed by atoms with Gasteiger partial charge in [0.15, 0.2) is 0 Å². The van der Waals surface area contributed by atoms with Crippen LogP contribution in [-0.4, -0.2) is 33.6 Å². The number of nitrogens with zero attached hydrogens (tertiary/aromatic N) is 1. The van der Waals surface area contributed by atoms with Gasteiger partial charge in [-0.25, -0.2) is 4.79 Å². The number of nitrogens with two attached hydrogens (primary N) is 1. The minimum Gasteiger partial charge on any atom is -0.465 e. The fourth-order valence-electron chi connectivity index (χ4n) is 2.44. The summed E-state index contributed by atoms with van der Waals surface area (Å²) in [7, 11) is 0. The third kappa shape index (κ3) is 2.65. The first-order valence-electron chi connectivity index (χ1n) is 5.55. The van der Waals surface area contributed by atoms with Crippen LogP contribution in [0.3, 0.4) is 0 Å². The Hall–Kier alpha value is -1.26. The summed E-state index contributed by atoms with van der Waals surface area (Å²) in [6.45, 7) is 5.58. The zero-order valence-corrected chi connectivity index (χ0v) is 10.1. The van der Waals surface area contributed by atoms with Gasteiger partial charge in [0.2, 0.25) is 5.91 Å². The van der Waals surface area contributed by atoms with Crippen LogP contribution in [0.25, 0.3) is 0 Å². The second-order valence-electron chi connectivity index (χ2n) is 5.39. The molecule has 0 aromatic heterocycles. The minimum absolute atomic E-state index is 0.0880. The molecule has 5 heteroatoms. The molecule has 1 fully saturated rings. The van der Waals surface area contributed by atoms with E-state index in [1.807, 2.05) is 20.8 Å². The third-order valence-corrected chi connectivity index (χ3v) is 3.10. The van der Waals surface area contributed by atoms with Gasteiger partial charge in [-0.05, 0) is 40.0 Å². The first-order valence-corrected chi connectivity index (χ1v) is 5.55. The van der Waals surface area contributed by atoms with Crippen LogP contribution in [0.4, 0.5) is 4.79 Å². The molecule has 0 radical (unpaired) electrons. The Morgan fingerprint density at radius 2 is 1.88 bits per heavy atom. The van der Waals surface area contributed by atoms with Gasteiger partial charge < -0.3 is 15.7 Å². The van der Waals surface area contributed by atoms with Gasteiger partial charge in [-0.3, -0.25) is 4.79 Å². The Bertz CT molecular complexity index is 296. The molecule has 1 aliphatic rings. The van der Waals surface area contributed by atoms with Gasteiger partial charge in [-0.15, -0.1) is 0 Å². The topological polar surface area (TPSA) is 83.6 Å². The fraction of sp³-hybridized carbons (Fsp3) is 0.818. The van der Waals surface area contributed by atoms with Crippen molar-refractivity contribution in [3.63, 3.8) is 0 Å². The highest BCUT2D eigenvalue weighted by molar-refractivity contribution is 5.77. The second-order valence-corrected chi connectivity index (χ2v) is 5.39. The normalized spacial score (nSPS) is 25.4. The van der Waals surface area contributed by atoms with Crippen molar-refractivity contribution in [2.45, 2.75) is 51.6 Å². The van der Waals surface area contributed by atoms with Gasteiger partial charge in [0, 0.05) is 17.5 Å². The van der Waals surface area contributed by atoms with Crippen LogP contribution in [0.2, 0.25) is 0 Å². The van der Waals surface area contributed by atoms with Gasteiger partial charge in [0.25, 0.3) is 0 Å². The van der Waals surface area contributed by atoms with E-state index in [9.17, 15) is 14.7 Å². The Kier molecular flexibility index (Phi) is 3.45. The molecule has 1 saturated carbocycles.